The van der Waals surface area contributed by atoms with Crippen molar-refractivity contribution in [3.63, 3.8) is 0 Å². The van der Waals surface area contributed by atoms with Gasteiger partial charge < -0.3 is 4.98 Å². The number of halogens is 2. The number of aromatic amines is 1. The SMILES string of the molecule is [2H]c1c(C)cnc(C(=O)c2ncnc3[nH]ccc23)c1NS(=O)(=O)c1ccc(Cl)c(Cl)c1. The second-order valence-corrected chi connectivity index (χ2v) is 8.76. The van der Waals surface area contributed by atoms with Gasteiger partial charge in [0.05, 0.1) is 22.0 Å². The topological polar surface area (TPSA) is 118 Å². The first-order valence-corrected chi connectivity index (χ1v) is 10.7. The molecule has 3 aromatic heterocycles. The highest BCUT2D eigenvalue weighted by atomic mass is 35.5. The molecule has 2 N–H and O–H groups in total. The van der Waals surface area contributed by atoms with Crippen LogP contribution in [0.3, 0.4) is 0 Å². The summed E-state index contributed by atoms with van der Waals surface area (Å²) in [4.78, 5) is 28.1. The minimum absolute atomic E-state index is 0.0250. The van der Waals surface area contributed by atoms with Crippen LogP contribution < -0.4 is 4.72 Å². The fourth-order valence-corrected chi connectivity index (χ4v) is 4.18. The van der Waals surface area contributed by atoms with Gasteiger partial charge in [0.2, 0.25) is 5.78 Å². The summed E-state index contributed by atoms with van der Waals surface area (Å²) in [6, 6.07) is 5.20. The highest BCUT2D eigenvalue weighted by Gasteiger charge is 2.24. The molecule has 0 bridgehead atoms. The van der Waals surface area contributed by atoms with E-state index in [-0.39, 0.29) is 38.1 Å². The molecule has 0 fully saturated rings. The summed E-state index contributed by atoms with van der Waals surface area (Å²) in [6.07, 6.45) is 4.13. The second kappa shape index (κ2) is 7.67. The van der Waals surface area contributed by atoms with Gasteiger partial charge in [-0.2, -0.15) is 0 Å². The first-order chi connectivity index (χ1) is 14.7. The van der Waals surface area contributed by atoms with Crippen molar-refractivity contribution in [2.24, 2.45) is 0 Å². The number of ketones is 1. The Morgan fingerprint density at radius 1 is 1.13 bits per heavy atom. The number of aromatic nitrogens is 4. The summed E-state index contributed by atoms with van der Waals surface area (Å²) in [7, 11) is -4.21. The molecule has 3 heterocycles. The van der Waals surface area contributed by atoms with Gasteiger partial charge in [-0.05, 0) is 42.8 Å². The van der Waals surface area contributed by atoms with Crippen molar-refractivity contribution in [2.75, 3.05) is 4.72 Å². The first kappa shape index (κ1) is 19.0. The van der Waals surface area contributed by atoms with E-state index in [1.807, 2.05) is 0 Å². The summed E-state index contributed by atoms with van der Waals surface area (Å²) < 4.78 is 36.5. The number of carbonyl (C=O) groups excluding carboxylic acids is 1. The molecule has 11 heteroatoms. The third-order valence-corrected chi connectivity index (χ3v) is 6.25. The fraction of sp³-hybridized carbons (Fsp3) is 0.0526. The zero-order chi connectivity index (χ0) is 22.3. The quantitative estimate of drug-likeness (QED) is 0.432. The zero-order valence-corrected chi connectivity index (χ0v) is 17.6. The number of nitrogens with one attached hydrogen (secondary N) is 2. The largest absolute Gasteiger partial charge is 0.346 e. The number of anilines is 1. The monoisotopic (exact) mass is 462 g/mol. The lowest BCUT2D eigenvalue weighted by Gasteiger charge is -2.13. The predicted molar refractivity (Wildman–Crippen MR) is 114 cm³/mol. The number of pyridine rings is 1. The minimum atomic E-state index is -4.21. The van der Waals surface area contributed by atoms with Gasteiger partial charge in [-0.1, -0.05) is 23.2 Å². The third-order valence-electron chi connectivity index (χ3n) is 4.17. The summed E-state index contributed by atoms with van der Waals surface area (Å²) in [5.74, 6) is -0.660. The molecule has 152 valence electrons. The summed E-state index contributed by atoms with van der Waals surface area (Å²) in [6.45, 7) is 1.58. The number of hydrogen-bond donors (Lipinski definition) is 2. The zero-order valence-electron chi connectivity index (χ0n) is 16.3. The Morgan fingerprint density at radius 2 is 1.93 bits per heavy atom. The normalized spacial score (nSPS) is 12.0. The van der Waals surface area contributed by atoms with E-state index in [0.29, 0.717) is 16.6 Å². The van der Waals surface area contributed by atoms with Crippen molar-refractivity contribution in [3.05, 3.63) is 76.0 Å². The van der Waals surface area contributed by atoms with Crippen LogP contribution in [0.1, 0.15) is 23.1 Å². The van der Waals surface area contributed by atoms with Crippen LogP contribution in [0.2, 0.25) is 10.0 Å². The molecule has 0 amide bonds. The van der Waals surface area contributed by atoms with E-state index < -0.39 is 15.8 Å². The highest BCUT2D eigenvalue weighted by molar-refractivity contribution is 7.92. The molecule has 8 nitrogen and oxygen atoms in total. The number of carbonyl (C=O) groups is 1. The van der Waals surface area contributed by atoms with Crippen molar-refractivity contribution >= 4 is 55.7 Å². The number of hydrogen-bond acceptors (Lipinski definition) is 6. The molecule has 0 saturated carbocycles. The molecule has 0 aliphatic heterocycles. The lowest BCUT2D eigenvalue weighted by Crippen LogP contribution is -2.18. The van der Waals surface area contributed by atoms with Crippen LogP contribution >= 0.6 is 23.2 Å². The van der Waals surface area contributed by atoms with Crippen LogP contribution in [0.5, 0.6) is 0 Å². The molecule has 0 radical (unpaired) electrons. The molecule has 0 aliphatic carbocycles. The van der Waals surface area contributed by atoms with Gasteiger partial charge in [-0.3, -0.25) is 14.5 Å². The molecule has 0 atom stereocenters. The number of aryl methyl sites for hydroxylation is 1. The number of nitrogens with zero attached hydrogens (tertiary/aromatic N) is 3. The Bertz CT molecular complexity index is 1460. The standard InChI is InChI=1S/C19H13Cl2N5O3S/c1-10-6-15(26-30(28,29)11-2-3-13(20)14(21)7-11)17(23-8-10)18(27)16-12-4-5-22-19(12)25-9-24-16/h2-9,26H,1H3,(H,22,24,25)/i6D. The van der Waals surface area contributed by atoms with E-state index in [2.05, 4.69) is 24.7 Å². The van der Waals surface area contributed by atoms with Crippen molar-refractivity contribution in [2.45, 2.75) is 11.8 Å². The smallest absolute Gasteiger partial charge is 0.262 e. The summed E-state index contributed by atoms with van der Waals surface area (Å²) in [5.41, 5.74) is 0.308. The van der Waals surface area contributed by atoms with E-state index in [1.54, 1.807) is 19.2 Å². The number of rotatable bonds is 5. The highest BCUT2D eigenvalue weighted by Crippen LogP contribution is 2.28. The number of fused-ring (bicyclic) bond motifs is 1. The molecule has 0 spiro atoms. The number of sulfonamides is 1. The van der Waals surface area contributed by atoms with E-state index >= 15 is 0 Å². The van der Waals surface area contributed by atoms with Crippen LogP contribution in [-0.2, 0) is 10.0 Å². The Balaban J connectivity index is 1.83. The van der Waals surface area contributed by atoms with Crippen molar-refractivity contribution in [1.82, 2.24) is 19.9 Å². The average molecular weight is 463 g/mol. The van der Waals surface area contributed by atoms with Gasteiger partial charge in [0.15, 0.2) is 0 Å². The predicted octanol–water partition coefficient (Wildman–Crippen LogP) is 4.00. The fourth-order valence-electron chi connectivity index (χ4n) is 2.76. The maximum Gasteiger partial charge on any atom is 0.262 e. The molecule has 4 rings (SSSR count). The average Bonchev–Trinajstić information content (AvgIpc) is 3.22. The van der Waals surface area contributed by atoms with Gasteiger partial charge in [0.1, 0.15) is 23.4 Å². The van der Waals surface area contributed by atoms with Crippen LogP contribution in [0.4, 0.5) is 5.69 Å². The van der Waals surface area contributed by atoms with Crippen LogP contribution in [0, 0.1) is 6.92 Å². The van der Waals surface area contributed by atoms with E-state index in [4.69, 9.17) is 24.6 Å². The van der Waals surface area contributed by atoms with Crippen LogP contribution in [-0.4, -0.2) is 34.1 Å². The lowest BCUT2D eigenvalue weighted by atomic mass is 10.1. The van der Waals surface area contributed by atoms with Crippen molar-refractivity contribution in [3.8, 4) is 0 Å². The molecule has 0 unspecified atom stereocenters. The molecule has 0 aliphatic rings. The first-order valence-electron chi connectivity index (χ1n) is 8.96. The molecular weight excluding hydrogens is 449 g/mol. The number of H-pyrrole nitrogens is 1. The third kappa shape index (κ3) is 3.74. The van der Waals surface area contributed by atoms with Crippen LogP contribution in [0.25, 0.3) is 11.0 Å². The van der Waals surface area contributed by atoms with Gasteiger partial charge in [0, 0.05) is 17.8 Å². The molecule has 4 aromatic rings. The molecule has 1 aromatic carbocycles. The van der Waals surface area contributed by atoms with Crippen molar-refractivity contribution < 1.29 is 14.6 Å². The molecule has 0 saturated heterocycles. The van der Waals surface area contributed by atoms with E-state index in [0.717, 1.165) is 0 Å². The molecule has 30 heavy (non-hydrogen) atoms. The van der Waals surface area contributed by atoms with Crippen molar-refractivity contribution in [1.29, 1.82) is 0 Å². The Morgan fingerprint density at radius 3 is 2.70 bits per heavy atom. The maximum absolute atomic E-state index is 13.2. The van der Waals surface area contributed by atoms with E-state index in [9.17, 15) is 13.2 Å². The minimum Gasteiger partial charge on any atom is -0.346 e. The molecular formula is C19H13Cl2N5O3S. The summed E-state index contributed by atoms with van der Waals surface area (Å²) in [5, 5.41) is 0.680. The van der Waals surface area contributed by atoms with Gasteiger partial charge in [-0.25, -0.2) is 18.4 Å². The Kier molecular flexibility index (Phi) is 4.86. The Hall–Kier alpha value is -3.01. The number of benzene rings is 1. The lowest BCUT2D eigenvalue weighted by molar-refractivity contribution is 0.103. The Labute approximate surface area is 182 Å². The van der Waals surface area contributed by atoms with Gasteiger partial charge in [0.25, 0.3) is 10.0 Å². The maximum atomic E-state index is 13.2. The van der Waals surface area contributed by atoms with Gasteiger partial charge >= 0.3 is 0 Å². The summed E-state index contributed by atoms with van der Waals surface area (Å²) >= 11 is 11.8. The van der Waals surface area contributed by atoms with Gasteiger partial charge in [-0.15, -0.1) is 0 Å². The van der Waals surface area contributed by atoms with E-state index in [1.165, 1.54) is 30.7 Å². The second-order valence-electron chi connectivity index (χ2n) is 6.26. The van der Waals surface area contributed by atoms with Crippen LogP contribution in [0.15, 0.2) is 53.9 Å².